The predicted molar refractivity (Wildman–Crippen MR) is 109 cm³/mol. The molecule has 29 heavy (non-hydrogen) atoms. The summed E-state index contributed by atoms with van der Waals surface area (Å²) in [6.45, 7) is 7.01. The molecule has 1 saturated heterocycles. The van der Waals surface area contributed by atoms with Crippen molar-refractivity contribution < 1.29 is 13.6 Å². The Morgan fingerprint density at radius 3 is 2.48 bits per heavy atom. The van der Waals surface area contributed by atoms with Crippen LogP contribution >= 0.6 is 0 Å². The third-order valence-electron chi connectivity index (χ3n) is 5.37. The van der Waals surface area contributed by atoms with Gasteiger partial charge in [-0.1, -0.05) is 24.3 Å². The van der Waals surface area contributed by atoms with Gasteiger partial charge in [0.25, 0.3) is 5.91 Å². The molecule has 1 amide bonds. The second-order valence-electron chi connectivity index (χ2n) is 7.42. The lowest BCUT2D eigenvalue weighted by Gasteiger charge is -2.34. The second kappa shape index (κ2) is 8.17. The predicted octanol–water partition coefficient (Wildman–Crippen LogP) is 4.06. The van der Waals surface area contributed by atoms with E-state index < -0.39 is 0 Å². The number of benzene rings is 2. The molecule has 4 rings (SSSR count). The molecule has 0 spiro atoms. The van der Waals surface area contributed by atoms with Crippen molar-refractivity contribution in [3.05, 3.63) is 76.9 Å². The number of hydrogen-bond donors (Lipinski definition) is 0. The molecule has 3 aromatic rings. The standard InChI is InChI=1S/C23H24FN3O2/c1-16-8-9-19(14-20(16)24)23(28)27-12-10-26(11-13-27)15-21-17(2)29-22(25-21)18-6-4-3-5-7-18/h3-9,14H,10-13,15H2,1-2H3. The van der Waals surface area contributed by atoms with E-state index in [0.717, 1.165) is 30.1 Å². The van der Waals surface area contributed by atoms with Gasteiger partial charge in [-0.05, 0) is 43.7 Å². The number of aryl methyl sites for hydroxylation is 2. The van der Waals surface area contributed by atoms with Crippen LogP contribution in [0.3, 0.4) is 0 Å². The van der Waals surface area contributed by atoms with E-state index in [4.69, 9.17) is 4.42 Å². The monoisotopic (exact) mass is 393 g/mol. The van der Waals surface area contributed by atoms with E-state index in [1.54, 1.807) is 24.0 Å². The number of amides is 1. The Kier molecular flexibility index (Phi) is 5.45. The maximum Gasteiger partial charge on any atom is 0.254 e. The summed E-state index contributed by atoms with van der Waals surface area (Å²) in [6, 6.07) is 14.5. The van der Waals surface area contributed by atoms with Gasteiger partial charge in [0, 0.05) is 43.9 Å². The maximum absolute atomic E-state index is 13.8. The van der Waals surface area contributed by atoms with Crippen molar-refractivity contribution >= 4 is 5.91 Å². The number of hydrogen-bond acceptors (Lipinski definition) is 4. The number of carbonyl (C=O) groups excluding carboxylic acids is 1. The summed E-state index contributed by atoms with van der Waals surface area (Å²) < 4.78 is 19.6. The minimum atomic E-state index is -0.342. The maximum atomic E-state index is 13.8. The molecular weight excluding hydrogens is 369 g/mol. The number of oxazole rings is 1. The molecule has 0 unspecified atom stereocenters. The fourth-order valence-electron chi connectivity index (χ4n) is 3.51. The smallest absolute Gasteiger partial charge is 0.254 e. The molecular formula is C23H24FN3O2. The van der Waals surface area contributed by atoms with Crippen LogP contribution in [-0.2, 0) is 6.54 Å². The van der Waals surface area contributed by atoms with Crippen molar-refractivity contribution in [2.75, 3.05) is 26.2 Å². The molecule has 0 atom stereocenters. The third-order valence-corrected chi connectivity index (χ3v) is 5.37. The highest BCUT2D eigenvalue weighted by atomic mass is 19.1. The Labute approximate surface area is 169 Å². The summed E-state index contributed by atoms with van der Waals surface area (Å²) in [5.41, 5.74) is 2.83. The first-order chi connectivity index (χ1) is 14.0. The third kappa shape index (κ3) is 4.22. The van der Waals surface area contributed by atoms with Gasteiger partial charge in [-0.25, -0.2) is 9.37 Å². The Morgan fingerprint density at radius 1 is 1.07 bits per heavy atom. The zero-order valence-corrected chi connectivity index (χ0v) is 16.7. The van der Waals surface area contributed by atoms with Crippen LogP contribution in [0.15, 0.2) is 52.9 Å². The summed E-state index contributed by atoms with van der Waals surface area (Å²) in [5, 5.41) is 0. The Balaban J connectivity index is 1.37. The molecule has 6 heteroatoms. The fraction of sp³-hybridized carbons (Fsp3) is 0.304. The van der Waals surface area contributed by atoms with Crippen molar-refractivity contribution in [3.8, 4) is 11.5 Å². The zero-order chi connectivity index (χ0) is 20.4. The molecule has 5 nitrogen and oxygen atoms in total. The van der Waals surface area contributed by atoms with E-state index in [0.29, 0.717) is 36.7 Å². The minimum absolute atomic E-state index is 0.118. The van der Waals surface area contributed by atoms with Crippen LogP contribution in [0.5, 0.6) is 0 Å². The average molecular weight is 393 g/mol. The van der Waals surface area contributed by atoms with Gasteiger partial charge in [-0.15, -0.1) is 0 Å². The van der Waals surface area contributed by atoms with Crippen LogP contribution in [0.1, 0.15) is 27.4 Å². The van der Waals surface area contributed by atoms with E-state index in [1.807, 2.05) is 37.3 Å². The van der Waals surface area contributed by atoms with Crippen molar-refractivity contribution in [3.63, 3.8) is 0 Å². The highest BCUT2D eigenvalue weighted by Gasteiger charge is 2.24. The van der Waals surface area contributed by atoms with Gasteiger partial charge in [0.05, 0.1) is 5.69 Å². The highest BCUT2D eigenvalue weighted by molar-refractivity contribution is 5.94. The Hall–Kier alpha value is -2.99. The van der Waals surface area contributed by atoms with Gasteiger partial charge < -0.3 is 9.32 Å². The summed E-state index contributed by atoms with van der Waals surface area (Å²) in [7, 11) is 0. The number of aromatic nitrogens is 1. The second-order valence-corrected chi connectivity index (χ2v) is 7.42. The molecule has 2 aromatic carbocycles. The molecule has 1 aliphatic heterocycles. The molecule has 0 radical (unpaired) electrons. The van der Waals surface area contributed by atoms with Gasteiger partial charge >= 0.3 is 0 Å². The van der Waals surface area contributed by atoms with Crippen LogP contribution < -0.4 is 0 Å². The first-order valence-corrected chi connectivity index (χ1v) is 9.81. The lowest BCUT2D eigenvalue weighted by Crippen LogP contribution is -2.48. The lowest BCUT2D eigenvalue weighted by molar-refractivity contribution is 0.0626. The minimum Gasteiger partial charge on any atom is -0.441 e. The van der Waals surface area contributed by atoms with Gasteiger partial charge in [-0.2, -0.15) is 0 Å². The first-order valence-electron chi connectivity index (χ1n) is 9.81. The highest BCUT2D eigenvalue weighted by Crippen LogP contribution is 2.23. The molecule has 2 heterocycles. The lowest BCUT2D eigenvalue weighted by atomic mass is 10.1. The van der Waals surface area contributed by atoms with E-state index >= 15 is 0 Å². The molecule has 1 aliphatic rings. The summed E-state index contributed by atoms with van der Waals surface area (Å²) in [4.78, 5) is 21.4. The quantitative estimate of drug-likeness (QED) is 0.671. The number of carbonyl (C=O) groups is 1. The Bertz CT molecular complexity index is 1010. The van der Waals surface area contributed by atoms with Crippen molar-refractivity contribution in [1.82, 2.24) is 14.8 Å². The van der Waals surface area contributed by atoms with E-state index in [9.17, 15) is 9.18 Å². The average Bonchev–Trinajstić information content (AvgIpc) is 3.11. The zero-order valence-electron chi connectivity index (χ0n) is 16.7. The molecule has 1 fully saturated rings. The SMILES string of the molecule is Cc1ccc(C(=O)N2CCN(Cc3nc(-c4ccccc4)oc3C)CC2)cc1F. The van der Waals surface area contributed by atoms with Crippen LogP contribution in [0, 0.1) is 19.7 Å². The molecule has 1 aromatic heterocycles. The molecule has 0 N–H and O–H groups in total. The Morgan fingerprint density at radius 2 is 1.79 bits per heavy atom. The first kappa shape index (κ1) is 19.3. The summed E-state index contributed by atoms with van der Waals surface area (Å²) in [5.74, 6) is 0.989. The van der Waals surface area contributed by atoms with Crippen molar-refractivity contribution in [1.29, 1.82) is 0 Å². The topological polar surface area (TPSA) is 49.6 Å². The van der Waals surface area contributed by atoms with E-state index in [-0.39, 0.29) is 11.7 Å². The van der Waals surface area contributed by atoms with Crippen LogP contribution in [-0.4, -0.2) is 46.9 Å². The molecule has 0 bridgehead atoms. The normalized spacial score (nSPS) is 14.9. The molecule has 0 aliphatic carbocycles. The fourth-order valence-corrected chi connectivity index (χ4v) is 3.51. The van der Waals surface area contributed by atoms with Crippen LogP contribution in [0.2, 0.25) is 0 Å². The van der Waals surface area contributed by atoms with E-state index in [2.05, 4.69) is 9.88 Å². The van der Waals surface area contributed by atoms with Gasteiger partial charge in [-0.3, -0.25) is 9.69 Å². The summed E-state index contributed by atoms with van der Waals surface area (Å²) in [6.07, 6.45) is 0. The van der Waals surface area contributed by atoms with Crippen molar-refractivity contribution in [2.24, 2.45) is 0 Å². The van der Waals surface area contributed by atoms with E-state index in [1.165, 1.54) is 6.07 Å². The number of rotatable bonds is 4. The number of piperazine rings is 1. The molecule has 0 saturated carbocycles. The largest absolute Gasteiger partial charge is 0.441 e. The van der Waals surface area contributed by atoms with Crippen molar-refractivity contribution in [2.45, 2.75) is 20.4 Å². The molecule has 150 valence electrons. The van der Waals surface area contributed by atoms with Crippen LogP contribution in [0.4, 0.5) is 4.39 Å². The summed E-state index contributed by atoms with van der Waals surface area (Å²) >= 11 is 0. The number of nitrogens with zero attached hydrogens (tertiary/aromatic N) is 3. The van der Waals surface area contributed by atoms with Gasteiger partial charge in [0.1, 0.15) is 11.6 Å². The van der Waals surface area contributed by atoms with Gasteiger partial charge in [0.15, 0.2) is 0 Å². The van der Waals surface area contributed by atoms with Gasteiger partial charge in [0.2, 0.25) is 5.89 Å². The van der Waals surface area contributed by atoms with Crippen LogP contribution in [0.25, 0.3) is 11.5 Å². The number of halogens is 1.